The van der Waals surface area contributed by atoms with Crippen molar-refractivity contribution in [3.63, 3.8) is 0 Å². The van der Waals surface area contributed by atoms with Gasteiger partial charge in [-0.25, -0.2) is 4.79 Å². The molecule has 1 atom stereocenters. The molecule has 0 saturated heterocycles. The highest BCUT2D eigenvalue weighted by atomic mass is 16.5. The number of methoxy groups -OCH3 is 2. The maximum atomic E-state index is 11.5. The Labute approximate surface area is 112 Å². The summed E-state index contributed by atoms with van der Waals surface area (Å²) in [5.74, 6) is -0.424. The van der Waals surface area contributed by atoms with E-state index in [1.807, 2.05) is 0 Å². The van der Waals surface area contributed by atoms with Gasteiger partial charge < -0.3 is 25.2 Å². The van der Waals surface area contributed by atoms with E-state index in [0.717, 1.165) is 0 Å². The number of ether oxygens (including phenoxy) is 2. The summed E-state index contributed by atoms with van der Waals surface area (Å²) in [5, 5.41) is 9.70. The summed E-state index contributed by atoms with van der Waals surface area (Å²) < 4.78 is 9.53. The molecule has 0 amide bonds. The monoisotopic (exact) mass is 268 g/mol. The van der Waals surface area contributed by atoms with Crippen LogP contribution < -0.4 is 10.6 Å². The second-order valence-electron chi connectivity index (χ2n) is 4.25. The summed E-state index contributed by atoms with van der Waals surface area (Å²) in [6.07, 6.45) is -0.629. The lowest BCUT2D eigenvalue weighted by atomic mass is 10.1. The van der Waals surface area contributed by atoms with Crippen LogP contribution in [0.5, 0.6) is 0 Å². The normalized spacial score (nSPS) is 12.0. The summed E-state index contributed by atoms with van der Waals surface area (Å²) in [4.78, 5) is 13.2. The van der Waals surface area contributed by atoms with Crippen molar-refractivity contribution >= 4 is 17.3 Å². The van der Waals surface area contributed by atoms with Gasteiger partial charge in [-0.15, -0.1) is 0 Å². The fourth-order valence-corrected chi connectivity index (χ4v) is 1.78. The van der Waals surface area contributed by atoms with Gasteiger partial charge in [0.1, 0.15) is 0 Å². The molecule has 1 aromatic carbocycles. The van der Waals surface area contributed by atoms with Crippen LogP contribution in [0, 0.1) is 0 Å². The minimum Gasteiger partial charge on any atom is -0.465 e. The topological polar surface area (TPSA) is 85.0 Å². The van der Waals surface area contributed by atoms with Gasteiger partial charge >= 0.3 is 5.97 Å². The van der Waals surface area contributed by atoms with Crippen LogP contribution in [0.2, 0.25) is 0 Å². The number of carbonyl (C=O) groups is 1. The van der Waals surface area contributed by atoms with E-state index in [9.17, 15) is 9.90 Å². The quantitative estimate of drug-likeness (QED) is 0.577. The molecule has 1 rings (SSSR count). The molecule has 0 aliphatic heterocycles. The molecule has 0 saturated carbocycles. The lowest BCUT2D eigenvalue weighted by Gasteiger charge is -2.24. The van der Waals surface area contributed by atoms with Crippen LogP contribution in [-0.2, 0) is 9.47 Å². The Hall–Kier alpha value is -1.79. The predicted octanol–water partition coefficient (Wildman–Crippen LogP) is 0.499. The zero-order chi connectivity index (χ0) is 14.4. The molecule has 0 fully saturated rings. The van der Waals surface area contributed by atoms with Crippen LogP contribution in [0.3, 0.4) is 0 Å². The number of nitrogen functional groups attached to an aromatic ring is 1. The van der Waals surface area contributed by atoms with Crippen molar-refractivity contribution in [2.75, 3.05) is 45.1 Å². The predicted molar refractivity (Wildman–Crippen MR) is 73.3 cm³/mol. The molecule has 106 valence electrons. The molecule has 0 aliphatic rings. The first-order chi connectivity index (χ1) is 8.99. The van der Waals surface area contributed by atoms with Crippen molar-refractivity contribution in [1.82, 2.24) is 0 Å². The van der Waals surface area contributed by atoms with Crippen LogP contribution in [0.4, 0.5) is 11.4 Å². The van der Waals surface area contributed by atoms with E-state index in [0.29, 0.717) is 23.5 Å². The molecule has 0 heterocycles. The highest BCUT2D eigenvalue weighted by molar-refractivity contribution is 5.92. The molecule has 6 nitrogen and oxygen atoms in total. The van der Waals surface area contributed by atoms with Crippen LogP contribution in [0.15, 0.2) is 18.2 Å². The van der Waals surface area contributed by atoms with Gasteiger partial charge in [0.2, 0.25) is 0 Å². The summed E-state index contributed by atoms with van der Waals surface area (Å²) >= 11 is 0. The Morgan fingerprint density at radius 3 is 2.74 bits per heavy atom. The number of carbonyl (C=O) groups excluding carboxylic acids is 1. The van der Waals surface area contributed by atoms with Crippen LogP contribution in [0.25, 0.3) is 0 Å². The summed E-state index contributed by atoms with van der Waals surface area (Å²) in [6.45, 7) is 0.587. The molecule has 19 heavy (non-hydrogen) atoms. The molecule has 0 radical (unpaired) electrons. The van der Waals surface area contributed by atoms with Crippen LogP contribution >= 0.6 is 0 Å². The van der Waals surface area contributed by atoms with E-state index in [2.05, 4.69) is 4.74 Å². The molecule has 1 aromatic rings. The van der Waals surface area contributed by atoms with Gasteiger partial charge in [-0.3, -0.25) is 0 Å². The lowest BCUT2D eigenvalue weighted by molar-refractivity contribution is 0.0601. The zero-order valence-corrected chi connectivity index (χ0v) is 11.4. The first kappa shape index (κ1) is 15.3. The molecule has 1 unspecified atom stereocenters. The summed E-state index contributed by atoms with van der Waals surface area (Å²) in [5.41, 5.74) is 7.48. The van der Waals surface area contributed by atoms with Gasteiger partial charge in [0.05, 0.1) is 36.8 Å². The Balaban J connectivity index is 2.89. The van der Waals surface area contributed by atoms with E-state index in [1.165, 1.54) is 14.2 Å². The van der Waals surface area contributed by atoms with Crippen LogP contribution in [-0.4, -0.2) is 51.6 Å². The Kier molecular flexibility index (Phi) is 5.59. The number of anilines is 2. The van der Waals surface area contributed by atoms with Crippen molar-refractivity contribution in [1.29, 1.82) is 0 Å². The number of nitrogens with zero attached hydrogens (tertiary/aromatic N) is 1. The fourth-order valence-electron chi connectivity index (χ4n) is 1.78. The number of benzene rings is 1. The maximum absolute atomic E-state index is 11.5. The second kappa shape index (κ2) is 6.96. The molecular formula is C13H20N2O4. The Bertz CT molecular complexity index is 437. The number of likely N-dealkylation sites (N-methyl/N-ethyl adjacent to an activating group) is 1. The van der Waals surface area contributed by atoms with Gasteiger partial charge in [-0.1, -0.05) is 0 Å². The summed E-state index contributed by atoms with van der Waals surface area (Å²) in [6, 6.07) is 4.88. The van der Waals surface area contributed by atoms with Crippen molar-refractivity contribution < 1.29 is 19.4 Å². The van der Waals surface area contributed by atoms with E-state index >= 15 is 0 Å². The number of rotatable bonds is 6. The van der Waals surface area contributed by atoms with E-state index < -0.39 is 12.1 Å². The minimum absolute atomic E-state index is 0.237. The number of hydrogen-bond donors (Lipinski definition) is 2. The Morgan fingerprint density at radius 1 is 1.47 bits per heavy atom. The first-order valence-electron chi connectivity index (χ1n) is 5.85. The maximum Gasteiger partial charge on any atom is 0.337 e. The van der Waals surface area contributed by atoms with E-state index in [4.69, 9.17) is 10.5 Å². The number of aliphatic hydroxyl groups is 1. The highest BCUT2D eigenvalue weighted by Crippen LogP contribution is 2.24. The third-order valence-corrected chi connectivity index (χ3v) is 2.71. The standard InChI is InChI=1S/C13H20N2O4/c1-15(7-10(16)8-18-2)12-6-9(13(17)19-3)4-5-11(12)14/h4-6,10,16H,7-8,14H2,1-3H3. The molecule has 0 aliphatic carbocycles. The van der Waals surface area contributed by atoms with Crippen LogP contribution in [0.1, 0.15) is 10.4 Å². The summed E-state index contributed by atoms with van der Waals surface area (Å²) in [7, 11) is 4.63. The number of aliphatic hydroxyl groups excluding tert-OH is 1. The first-order valence-corrected chi connectivity index (χ1v) is 5.85. The van der Waals surface area contributed by atoms with Gasteiger partial charge in [-0.2, -0.15) is 0 Å². The average molecular weight is 268 g/mol. The molecule has 0 aromatic heterocycles. The Morgan fingerprint density at radius 2 is 2.16 bits per heavy atom. The molecule has 3 N–H and O–H groups in total. The fraction of sp³-hybridized carbons (Fsp3) is 0.462. The van der Waals surface area contributed by atoms with Crippen molar-refractivity contribution in [2.45, 2.75) is 6.10 Å². The molecule has 6 heteroatoms. The second-order valence-corrected chi connectivity index (χ2v) is 4.25. The highest BCUT2D eigenvalue weighted by Gasteiger charge is 2.14. The molecule has 0 spiro atoms. The third kappa shape index (κ3) is 4.11. The van der Waals surface area contributed by atoms with Crippen molar-refractivity contribution in [2.24, 2.45) is 0 Å². The smallest absolute Gasteiger partial charge is 0.337 e. The van der Waals surface area contributed by atoms with E-state index in [1.54, 1.807) is 30.1 Å². The number of hydrogen-bond acceptors (Lipinski definition) is 6. The van der Waals surface area contributed by atoms with Crippen molar-refractivity contribution in [3.05, 3.63) is 23.8 Å². The minimum atomic E-state index is -0.629. The van der Waals surface area contributed by atoms with Crippen molar-refractivity contribution in [3.8, 4) is 0 Å². The SMILES string of the molecule is COCC(O)CN(C)c1cc(C(=O)OC)ccc1N. The molecular weight excluding hydrogens is 248 g/mol. The van der Waals surface area contributed by atoms with Gasteiger partial charge in [0, 0.05) is 20.7 Å². The zero-order valence-electron chi connectivity index (χ0n) is 11.4. The molecule has 0 bridgehead atoms. The van der Waals surface area contributed by atoms with Gasteiger partial charge in [-0.05, 0) is 18.2 Å². The number of nitrogens with two attached hydrogens (primary N) is 1. The number of esters is 1. The lowest BCUT2D eigenvalue weighted by Crippen LogP contribution is -2.32. The van der Waals surface area contributed by atoms with Gasteiger partial charge in [0.25, 0.3) is 0 Å². The third-order valence-electron chi connectivity index (χ3n) is 2.71. The largest absolute Gasteiger partial charge is 0.465 e. The van der Waals surface area contributed by atoms with E-state index in [-0.39, 0.29) is 6.61 Å². The average Bonchev–Trinajstić information content (AvgIpc) is 2.38. The van der Waals surface area contributed by atoms with Gasteiger partial charge in [0.15, 0.2) is 0 Å².